The van der Waals surface area contributed by atoms with E-state index in [1.807, 2.05) is 12.4 Å². The van der Waals surface area contributed by atoms with Gasteiger partial charge in [0.25, 0.3) is 0 Å². The summed E-state index contributed by atoms with van der Waals surface area (Å²) >= 11 is 0. The second kappa shape index (κ2) is 11.1. The Bertz CT molecular complexity index is 668. The van der Waals surface area contributed by atoms with Gasteiger partial charge in [0, 0.05) is 26.0 Å². The molecule has 1 aromatic carbocycles. The highest BCUT2D eigenvalue weighted by Gasteiger charge is 2.07. The van der Waals surface area contributed by atoms with Crippen molar-refractivity contribution in [2.45, 2.75) is 39.7 Å². The quantitative estimate of drug-likeness (QED) is 0.395. The van der Waals surface area contributed by atoms with E-state index in [2.05, 4.69) is 71.7 Å². The second-order valence-electron chi connectivity index (χ2n) is 6.01. The Morgan fingerprint density at radius 3 is 2.52 bits per heavy atom. The third-order valence-corrected chi connectivity index (χ3v) is 4.29. The number of nitrogens with one attached hydrogen (secondary N) is 2. The number of pyridine rings is 1. The van der Waals surface area contributed by atoms with Gasteiger partial charge >= 0.3 is 0 Å². The molecule has 5 heteroatoms. The van der Waals surface area contributed by atoms with Gasteiger partial charge in [-0.3, -0.25) is 9.98 Å². The molecule has 1 atom stereocenters. The van der Waals surface area contributed by atoms with Crippen molar-refractivity contribution in [1.29, 1.82) is 0 Å². The van der Waals surface area contributed by atoms with Crippen molar-refractivity contribution in [3.05, 3.63) is 65.0 Å². The van der Waals surface area contributed by atoms with Crippen LogP contribution in [0.4, 0.5) is 0 Å². The van der Waals surface area contributed by atoms with Crippen LogP contribution in [0.2, 0.25) is 0 Å². The number of aromatic nitrogens is 1. The minimum absolute atomic E-state index is 0. The summed E-state index contributed by atoms with van der Waals surface area (Å²) in [6.07, 6.45) is 5.77. The minimum Gasteiger partial charge on any atom is -0.356 e. The summed E-state index contributed by atoms with van der Waals surface area (Å²) in [6.45, 7) is 7.26. The molecule has 0 bridgehead atoms. The lowest BCUT2D eigenvalue weighted by Crippen LogP contribution is -2.39. The van der Waals surface area contributed by atoms with Gasteiger partial charge in [-0.2, -0.15) is 0 Å². The van der Waals surface area contributed by atoms with Gasteiger partial charge in [0.2, 0.25) is 0 Å². The molecule has 2 N–H and O–H groups in total. The molecule has 0 fully saturated rings. The maximum atomic E-state index is 4.32. The van der Waals surface area contributed by atoms with Gasteiger partial charge in [-0.05, 0) is 55.0 Å². The van der Waals surface area contributed by atoms with Crippen LogP contribution < -0.4 is 10.6 Å². The van der Waals surface area contributed by atoms with E-state index in [4.69, 9.17) is 0 Å². The van der Waals surface area contributed by atoms with E-state index in [9.17, 15) is 0 Å². The van der Waals surface area contributed by atoms with Crippen LogP contribution in [-0.2, 0) is 12.8 Å². The van der Waals surface area contributed by atoms with Crippen LogP contribution >= 0.6 is 24.0 Å². The van der Waals surface area contributed by atoms with E-state index in [-0.39, 0.29) is 30.0 Å². The van der Waals surface area contributed by atoms with Gasteiger partial charge in [0.15, 0.2) is 5.96 Å². The van der Waals surface area contributed by atoms with Crippen molar-refractivity contribution >= 4 is 29.9 Å². The van der Waals surface area contributed by atoms with E-state index >= 15 is 0 Å². The number of guanidine groups is 1. The Hall–Kier alpha value is -1.63. The summed E-state index contributed by atoms with van der Waals surface area (Å²) in [5.41, 5.74) is 5.17. The number of hydrogen-bond acceptors (Lipinski definition) is 2. The predicted octanol–water partition coefficient (Wildman–Crippen LogP) is 4.04. The zero-order chi connectivity index (χ0) is 17.4. The zero-order valence-electron chi connectivity index (χ0n) is 15.5. The second-order valence-corrected chi connectivity index (χ2v) is 6.01. The summed E-state index contributed by atoms with van der Waals surface area (Å²) in [7, 11) is 1.81. The Labute approximate surface area is 168 Å². The van der Waals surface area contributed by atoms with Crippen LogP contribution in [0.15, 0.2) is 47.7 Å². The third-order valence-electron chi connectivity index (χ3n) is 4.29. The number of hydrogen-bond donors (Lipinski definition) is 2. The van der Waals surface area contributed by atoms with E-state index in [0.29, 0.717) is 0 Å². The van der Waals surface area contributed by atoms with Crippen molar-refractivity contribution in [2.24, 2.45) is 4.99 Å². The molecule has 136 valence electrons. The van der Waals surface area contributed by atoms with Gasteiger partial charge in [0.05, 0.1) is 6.04 Å². The topological polar surface area (TPSA) is 49.3 Å². The van der Waals surface area contributed by atoms with Crippen molar-refractivity contribution in [1.82, 2.24) is 15.6 Å². The van der Waals surface area contributed by atoms with Gasteiger partial charge in [-0.15, -0.1) is 24.0 Å². The van der Waals surface area contributed by atoms with Crippen LogP contribution in [-0.4, -0.2) is 24.5 Å². The van der Waals surface area contributed by atoms with Crippen LogP contribution in [0.25, 0.3) is 0 Å². The molecule has 0 saturated heterocycles. The van der Waals surface area contributed by atoms with Gasteiger partial charge in [-0.25, -0.2) is 0 Å². The van der Waals surface area contributed by atoms with Gasteiger partial charge < -0.3 is 10.6 Å². The molecule has 0 radical (unpaired) electrons. The molecule has 0 aliphatic rings. The average molecular weight is 452 g/mol. The smallest absolute Gasteiger partial charge is 0.191 e. The Morgan fingerprint density at radius 2 is 1.92 bits per heavy atom. The maximum absolute atomic E-state index is 4.32. The van der Waals surface area contributed by atoms with Crippen LogP contribution in [0.1, 0.15) is 42.1 Å². The first-order valence-electron chi connectivity index (χ1n) is 8.59. The molecule has 0 amide bonds. The number of halogens is 1. The van der Waals surface area contributed by atoms with Crippen molar-refractivity contribution in [3.63, 3.8) is 0 Å². The average Bonchev–Trinajstić information content (AvgIpc) is 2.62. The van der Waals surface area contributed by atoms with E-state index < -0.39 is 0 Å². The number of benzene rings is 1. The summed E-state index contributed by atoms with van der Waals surface area (Å²) in [4.78, 5) is 8.46. The van der Waals surface area contributed by atoms with E-state index in [1.54, 1.807) is 7.05 Å². The number of aryl methyl sites for hydroxylation is 2. The highest BCUT2D eigenvalue weighted by atomic mass is 127. The fourth-order valence-electron chi connectivity index (χ4n) is 2.62. The Kier molecular flexibility index (Phi) is 9.49. The highest BCUT2D eigenvalue weighted by Crippen LogP contribution is 2.13. The SMILES string of the molecule is CCc1ccc(C(C)NC(=NC)NCCc2ccncc2C)cc1.I. The van der Waals surface area contributed by atoms with E-state index in [0.717, 1.165) is 25.3 Å². The lowest BCUT2D eigenvalue weighted by Gasteiger charge is -2.18. The fourth-order valence-corrected chi connectivity index (χ4v) is 2.62. The number of aliphatic imine (C=N–C) groups is 1. The Balaban J connectivity index is 0.00000312. The van der Waals surface area contributed by atoms with Crippen molar-refractivity contribution in [3.8, 4) is 0 Å². The molecule has 0 saturated carbocycles. The summed E-state index contributed by atoms with van der Waals surface area (Å²) in [6, 6.07) is 11.0. The largest absolute Gasteiger partial charge is 0.356 e. The van der Waals surface area contributed by atoms with Crippen LogP contribution in [0.5, 0.6) is 0 Å². The number of nitrogens with zero attached hydrogens (tertiary/aromatic N) is 2. The minimum atomic E-state index is 0. The van der Waals surface area contributed by atoms with Crippen molar-refractivity contribution in [2.75, 3.05) is 13.6 Å². The zero-order valence-corrected chi connectivity index (χ0v) is 17.9. The van der Waals surface area contributed by atoms with Gasteiger partial charge in [-0.1, -0.05) is 31.2 Å². The Morgan fingerprint density at radius 1 is 1.20 bits per heavy atom. The fraction of sp³-hybridized carbons (Fsp3) is 0.400. The first-order valence-corrected chi connectivity index (χ1v) is 8.59. The molecular weight excluding hydrogens is 423 g/mol. The summed E-state index contributed by atoms with van der Waals surface area (Å²) in [5, 5.41) is 6.83. The molecular formula is C20H29IN4. The molecule has 1 aromatic heterocycles. The third kappa shape index (κ3) is 6.65. The molecule has 1 heterocycles. The molecule has 0 spiro atoms. The molecule has 2 rings (SSSR count). The molecule has 4 nitrogen and oxygen atoms in total. The van der Waals surface area contributed by atoms with E-state index in [1.165, 1.54) is 22.3 Å². The molecule has 2 aromatic rings. The predicted molar refractivity (Wildman–Crippen MR) is 117 cm³/mol. The monoisotopic (exact) mass is 452 g/mol. The highest BCUT2D eigenvalue weighted by molar-refractivity contribution is 14.0. The van der Waals surface area contributed by atoms with Crippen molar-refractivity contribution < 1.29 is 0 Å². The lowest BCUT2D eigenvalue weighted by molar-refractivity contribution is 0.683. The molecule has 25 heavy (non-hydrogen) atoms. The molecule has 0 aliphatic carbocycles. The molecule has 1 unspecified atom stereocenters. The first-order chi connectivity index (χ1) is 11.6. The first kappa shape index (κ1) is 21.4. The lowest BCUT2D eigenvalue weighted by atomic mass is 10.1. The molecule has 0 aliphatic heterocycles. The summed E-state index contributed by atoms with van der Waals surface area (Å²) < 4.78 is 0. The van der Waals surface area contributed by atoms with Crippen LogP contribution in [0.3, 0.4) is 0 Å². The normalized spacial score (nSPS) is 12.2. The van der Waals surface area contributed by atoms with Gasteiger partial charge in [0.1, 0.15) is 0 Å². The summed E-state index contributed by atoms with van der Waals surface area (Å²) in [5.74, 6) is 0.828. The number of rotatable bonds is 6. The standard InChI is InChI=1S/C20H28N4.HI/c1-5-17-6-8-19(9-7-17)16(3)24-20(21-4)23-13-11-18-10-12-22-14-15(18)2;/h6-10,12,14,16H,5,11,13H2,1-4H3,(H2,21,23,24);1H. The van der Waals surface area contributed by atoms with Crippen LogP contribution in [0, 0.1) is 6.92 Å². The maximum Gasteiger partial charge on any atom is 0.191 e.